The van der Waals surface area contributed by atoms with Crippen LogP contribution in [0.1, 0.15) is 23.1 Å². The van der Waals surface area contributed by atoms with Gasteiger partial charge in [-0.05, 0) is 49.4 Å². The molecule has 3 nitrogen and oxygen atoms in total. The molecule has 1 aromatic carbocycles. The van der Waals surface area contributed by atoms with Gasteiger partial charge in [-0.3, -0.25) is 0 Å². The van der Waals surface area contributed by atoms with Crippen molar-refractivity contribution >= 4 is 0 Å². The average Bonchev–Trinajstić information content (AvgIpc) is 2.38. The molecule has 0 saturated carbocycles. The lowest BCUT2D eigenvalue weighted by atomic mass is 9.98. The number of hydrogen-bond acceptors (Lipinski definition) is 3. The van der Waals surface area contributed by atoms with E-state index in [9.17, 15) is 0 Å². The second kappa shape index (κ2) is 6.21. The van der Waals surface area contributed by atoms with E-state index >= 15 is 0 Å². The van der Waals surface area contributed by atoms with Crippen molar-refractivity contribution in [3.63, 3.8) is 0 Å². The summed E-state index contributed by atoms with van der Waals surface area (Å²) in [5.74, 6) is 1.02. The maximum Gasteiger partial charge on any atom is 0.122 e. The van der Waals surface area contributed by atoms with Crippen molar-refractivity contribution < 1.29 is 9.47 Å². The zero-order valence-corrected chi connectivity index (χ0v) is 11.6. The van der Waals surface area contributed by atoms with Crippen LogP contribution in [0.25, 0.3) is 0 Å². The molecule has 1 saturated heterocycles. The molecule has 0 spiro atoms. The number of aryl methyl sites for hydroxylation is 2. The quantitative estimate of drug-likeness (QED) is 0.887. The second-order valence-electron chi connectivity index (χ2n) is 5.03. The van der Waals surface area contributed by atoms with Gasteiger partial charge in [0.2, 0.25) is 0 Å². The molecule has 1 fully saturated rings. The van der Waals surface area contributed by atoms with Crippen molar-refractivity contribution in [2.45, 2.75) is 32.7 Å². The van der Waals surface area contributed by atoms with Gasteiger partial charge in [0.25, 0.3) is 0 Å². The van der Waals surface area contributed by atoms with E-state index in [1.165, 1.54) is 16.7 Å². The third kappa shape index (κ3) is 3.24. The molecule has 18 heavy (non-hydrogen) atoms. The predicted molar refractivity (Wildman–Crippen MR) is 73.4 cm³/mol. The lowest BCUT2D eigenvalue weighted by molar-refractivity contribution is 0.0743. The summed E-state index contributed by atoms with van der Waals surface area (Å²) in [6.07, 6.45) is 2.14. The van der Waals surface area contributed by atoms with Gasteiger partial charge in [-0.2, -0.15) is 0 Å². The van der Waals surface area contributed by atoms with Crippen LogP contribution in [0.4, 0.5) is 0 Å². The summed E-state index contributed by atoms with van der Waals surface area (Å²) < 4.78 is 11.0. The maximum absolute atomic E-state index is 5.50. The van der Waals surface area contributed by atoms with E-state index in [0.29, 0.717) is 6.04 Å². The van der Waals surface area contributed by atoms with E-state index in [0.717, 1.165) is 38.3 Å². The SMILES string of the molecule is COc1cc(C)cc(C)c1CCC1COCCN1. The minimum absolute atomic E-state index is 0.476. The number of hydrogen-bond donors (Lipinski definition) is 1. The molecule has 1 aliphatic rings. The van der Waals surface area contributed by atoms with Crippen molar-refractivity contribution in [3.05, 3.63) is 28.8 Å². The van der Waals surface area contributed by atoms with Gasteiger partial charge in [0.15, 0.2) is 0 Å². The molecule has 0 bridgehead atoms. The third-order valence-corrected chi connectivity index (χ3v) is 3.54. The van der Waals surface area contributed by atoms with Gasteiger partial charge in [-0.25, -0.2) is 0 Å². The summed E-state index contributed by atoms with van der Waals surface area (Å²) in [6.45, 7) is 6.90. The van der Waals surface area contributed by atoms with Crippen LogP contribution in [0.15, 0.2) is 12.1 Å². The average molecular weight is 249 g/mol. The standard InChI is InChI=1S/C15H23NO2/c1-11-8-12(2)14(15(9-11)17-3)5-4-13-10-18-7-6-16-13/h8-9,13,16H,4-7,10H2,1-3H3. The van der Waals surface area contributed by atoms with E-state index in [2.05, 4.69) is 31.3 Å². The molecule has 100 valence electrons. The number of morpholine rings is 1. The first kappa shape index (κ1) is 13.4. The molecular formula is C15H23NO2. The molecule has 1 aromatic rings. The summed E-state index contributed by atoms with van der Waals surface area (Å²) in [5, 5.41) is 3.49. The van der Waals surface area contributed by atoms with Crippen molar-refractivity contribution in [3.8, 4) is 5.75 Å². The summed E-state index contributed by atoms with van der Waals surface area (Å²) in [7, 11) is 1.75. The minimum atomic E-state index is 0.476. The fourth-order valence-corrected chi connectivity index (χ4v) is 2.58. The van der Waals surface area contributed by atoms with Gasteiger partial charge in [0.1, 0.15) is 5.75 Å². The highest BCUT2D eigenvalue weighted by Gasteiger charge is 2.15. The van der Waals surface area contributed by atoms with Gasteiger partial charge in [0, 0.05) is 12.6 Å². The van der Waals surface area contributed by atoms with Gasteiger partial charge < -0.3 is 14.8 Å². The molecule has 0 aromatic heterocycles. The first-order valence-electron chi connectivity index (χ1n) is 6.66. The summed E-state index contributed by atoms with van der Waals surface area (Å²) in [5.41, 5.74) is 3.91. The first-order chi connectivity index (χ1) is 8.70. The Labute approximate surface area is 109 Å². The van der Waals surface area contributed by atoms with Crippen LogP contribution in [0, 0.1) is 13.8 Å². The molecule has 3 heteroatoms. The molecule has 1 heterocycles. The third-order valence-electron chi connectivity index (χ3n) is 3.54. The largest absolute Gasteiger partial charge is 0.496 e. The number of ether oxygens (including phenoxy) is 2. The first-order valence-corrected chi connectivity index (χ1v) is 6.66. The molecule has 1 atom stereocenters. The zero-order valence-electron chi connectivity index (χ0n) is 11.6. The van der Waals surface area contributed by atoms with Crippen molar-refractivity contribution in [2.75, 3.05) is 26.9 Å². The molecule has 1 unspecified atom stereocenters. The second-order valence-corrected chi connectivity index (χ2v) is 5.03. The number of rotatable bonds is 4. The van der Waals surface area contributed by atoms with Gasteiger partial charge in [0.05, 0.1) is 20.3 Å². The topological polar surface area (TPSA) is 30.5 Å². The van der Waals surface area contributed by atoms with Crippen molar-refractivity contribution in [1.29, 1.82) is 0 Å². The van der Waals surface area contributed by atoms with Gasteiger partial charge >= 0.3 is 0 Å². The van der Waals surface area contributed by atoms with Crippen LogP contribution in [0.3, 0.4) is 0 Å². The van der Waals surface area contributed by atoms with Crippen molar-refractivity contribution in [1.82, 2.24) is 5.32 Å². The molecule has 0 aliphatic carbocycles. The lowest BCUT2D eigenvalue weighted by Crippen LogP contribution is -2.41. The van der Waals surface area contributed by atoms with Crippen LogP contribution < -0.4 is 10.1 Å². The van der Waals surface area contributed by atoms with E-state index < -0.39 is 0 Å². The summed E-state index contributed by atoms with van der Waals surface area (Å²) in [4.78, 5) is 0. The Hall–Kier alpha value is -1.06. The number of methoxy groups -OCH3 is 1. The number of nitrogens with one attached hydrogen (secondary N) is 1. The molecular weight excluding hydrogens is 226 g/mol. The van der Waals surface area contributed by atoms with Crippen LogP contribution in [-0.4, -0.2) is 32.9 Å². The number of benzene rings is 1. The Morgan fingerprint density at radius 2 is 2.22 bits per heavy atom. The molecule has 1 N–H and O–H groups in total. The smallest absolute Gasteiger partial charge is 0.122 e. The Bertz CT molecular complexity index is 398. The van der Waals surface area contributed by atoms with E-state index in [4.69, 9.17) is 9.47 Å². The molecule has 1 aliphatic heterocycles. The Morgan fingerprint density at radius 1 is 1.39 bits per heavy atom. The zero-order chi connectivity index (χ0) is 13.0. The van der Waals surface area contributed by atoms with Crippen LogP contribution in [-0.2, 0) is 11.2 Å². The summed E-state index contributed by atoms with van der Waals surface area (Å²) >= 11 is 0. The Kier molecular flexibility index (Phi) is 4.61. The van der Waals surface area contributed by atoms with E-state index in [1.54, 1.807) is 7.11 Å². The van der Waals surface area contributed by atoms with E-state index in [-0.39, 0.29) is 0 Å². The van der Waals surface area contributed by atoms with E-state index in [1.807, 2.05) is 0 Å². The Morgan fingerprint density at radius 3 is 2.89 bits per heavy atom. The molecule has 0 amide bonds. The molecule has 0 radical (unpaired) electrons. The van der Waals surface area contributed by atoms with Crippen LogP contribution in [0.5, 0.6) is 5.75 Å². The highest BCUT2D eigenvalue weighted by Crippen LogP contribution is 2.26. The minimum Gasteiger partial charge on any atom is -0.496 e. The van der Waals surface area contributed by atoms with Gasteiger partial charge in [-0.15, -0.1) is 0 Å². The fraction of sp³-hybridized carbons (Fsp3) is 0.600. The van der Waals surface area contributed by atoms with Gasteiger partial charge in [-0.1, -0.05) is 6.07 Å². The maximum atomic E-state index is 5.50. The highest BCUT2D eigenvalue weighted by atomic mass is 16.5. The Balaban J connectivity index is 2.03. The summed E-state index contributed by atoms with van der Waals surface area (Å²) in [6, 6.07) is 4.82. The predicted octanol–water partition coefficient (Wildman–Crippen LogP) is 2.23. The monoisotopic (exact) mass is 249 g/mol. The normalized spacial score (nSPS) is 19.8. The van der Waals surface area contributed by atoms with Crippen LogP contribution >= 0.6 is 0 Å². The van der Waals surface area contributed by atoms with Crippen LogP contribution in [0.2, 0.25) is 0 Å². The van der Waals surface area contributed by atoms with Crippen molar-refractivity contribution in [2.24, 2.45) is 0 Å². The lowest BCUT2D eigenvalue weighted by Gasteiger charge is -2.24. The highest BCUT2D eigenvalue weighted by molar-refractivity contribution is 5.43. The molecule has 2 rings (SSSR count). The fourth-order valence-electron chi connectivity index (χ4n) is 2.58.